The van der Waals surface area contributed by atoms with E-state index in [4.69, 9.17) is 9.47 Å². The lowest BCUT2D eigenvalue weighted by atomic mass is 10.1. The maximum atomic E-state index is 5.27. The van der Waals surface area contributed by atoms with Crippen LogP contribution in [0.1, 0.15) is 24.9 Å². The van der Waals surface area contributed by atoms with Crippen molar-refractivity contribution in [1.29, 1.82) is 0 Å². The molecule has 0 heterocycles. The largest absolute Gasteiger partial charge is 0.385 e. The second kappa shape index (κ2) is 8.23. The van der Waals surface area contributed by atoms with Crippen molar-refractivity contribution in [3.8, 4) is 0 Å². The number of nitrogens with one attached hydrogen (secondary N) is 1. The Morgan fingerprint density at radius 3 is 2.41 bits per heavy atom. The maximum absolute atomic E-state index is 5.27. The molecule has 1 aromatic rings. The summed E-state index contributed by atoms with van der Waals surface area (Å²) in [4.78, 5) is 0. The summed E-state index contributed by atoms with van der Waals surface area (Å²) in [5, 5.41) is 3.56. The van der Waals surface area contributed by atoms with Crippen LogP contribution in [-0.4, -0.2) is 33.5 Å². The van der Waals surface area contributed by atoms with Gasteiger partial charge in [0.25, 0.3) is 0 Å². The molecule has 3 heteroatoms. The Morgan fingerprint density at radius 1 is 1.12 bits per heavy atom. The molecule has 0 aliphatic carbocycles. The van der Waals surface area contributed by atoms with Gasteiger partial charge < -0.3 is 14.8 Å². The highest BCUT2D eigenvalue weighted by atomic mass is 16.5. The first kappa shape index (κ1) is 14.2. The summed E-state index contributed by atoms with van der Waals surface area (Å²) in [6.07, 6.45) is 1.00. The van der Waals surface area contributed by atoms with E-state index in [1.807, 2.05) is 6.07 Å². The molecule has 0 aliphatic rings. The van der Waals surface area contributed by atoms with Gasteiger partial charge >= 0.3 is 0 Å². The minimum absolute atomic E-state index is 0.244. The SMILES string of the molecule is COCCC(C)NC(COC)c1ccccc1. The first-order valence-electron chi connectivity index (χ1n) is 6.06. The van der Waals surface area contributed by atoms with Crippen LogP contribution in [-0.2, 0) is 9.47 Å². The van der Waals surface area contributed by atoms with Gasteiger partial charge in [-0.15, -0.1) is 0 Å². The number of rotatable bonds is 8. The van der Waals surface area contributed by atoms with Gasteiger partial charge in [-0.2, -0.15) is 0 Å². The van der Waals surface area contributed by atoms with Gasteiger partial charge in [-0.3, -0.25) is 0 Å². The van der Waals surface area contributed by atoms with Crippen LogP contribution in [0.3, 0.4) is 0 Å². The summed E-state index contributed by atoms with van der Waals surface area (Å²) in [7, 11) is 3.47. The van der Waals surface area contributed by atoms with E-state index in [9.17, 15) is 0 Å². The molecule has 96 valence electrons. The zero-order chi connectivity index (χ0) is 12.5. The summed E-state index contributed by atoms with van der Waals surface area (Å²) in [5.41, 5.74) is 1.26. The van der Waals surface area contributed by atoms with Crippen LogP contribution in [0.5, 0.6) is 0 Å². The van der Waals surface area contributed by atoms with E-state index in [0.717, 1.165) is 13.0 Å². The van der Waals surface area contributed by atoms with E-state index < -0.39 is 0 Å². The van der Waals surface area contributed by atoms with Crippen molar-refractivity contribution < 1.29 is 9.47 Å². The molecule has 2 atom stereocenters. The van der Waals surface area contributed by atoms with Crippen LogP contribution in [0.15, 0.2) is 30.3 Å². The fraction of sp³-hybridized carbons (Fsp3) is 0.571. The number of hydrogen-bond acceptors (Lipinski definition) is 3. The highest BCUT2D eigenvalue weighted by molar-refractivity contribution is 5.19. The van der Waals surface area contributed by atoms with E-state index in [1.54, 1.807) is 14.2 Å². The molecule has 2 unspecified atom stereocenters. The molecule has 0 saturated heterocycles. The van der Waals surface area contributed by atoms with Crippen molar-refractivity contribution in [3.63, 3.8) is 0 Å². The third-order valence-electron chi connectivity index (χ3n) is 2.78. The Bertz CT molecular complexity index is 290. The molecule has 1 aromatic carbocycles. The first-order chi connectivity index (χ1) is 8.27. The molecule has 0 aromatic heterocycles. The van der Waals surface area contributed by atoms with Crippen LogP contribution in [0.2, 0.25) is 0 Å². The van der Waals surface area contributed by atoms with Gasteiger partial charge in [0.1, 0.15) is 0 Å². The van der Waals surface area contributed by atoms with Crippen LogP contribution in [0.4, 0.5) is 0 Å². The highest BCUT2D eigenvalue weighted by Crippen LogP contribution is 2.14. The van der Waals surface area contributed by atoms with Gasteiger partial charge in [0.15, 0.2) is 0 Å². The fourth-order valence-electron chi connectivity index (χ4n) is 1.81. The van der Waals surface area contributed by atoms with Gasteiger partial charge in [0.05, 0.1) is 12.6 Å². The van der Waals surface area contributed by atoms with Crippen molar-refractivity contribution >= 4 is 0 Å². The summed E-state index contributed by atoms with van der Waals surface area (Å²) >= 11 is 0. The van der Waals surface area contributed by atoms with Gasteiger partial charge in [-0.1, -0.05) is 30.3 Å². The van der Waals surface area contributed by atoms with Gasteiger partial charge in [0.2, 0.25) is 0 Å². The Labute approximate surface area is 104 Å². The Balaban J connectivity index is 2.54. The average molecular weight is 237 g/mol. The van der Waals surface area contributed by atoms with E-state index in [1.165, 1.54) is 5.56 Å². The van der Waals surface area contributed by atoms with Crippen LogP contribution >= 0.6 is 0 Å². The number of methoxy groups -OCH3 is 2. The topological polar surface area (TPSA) is 30.5 Å². The van der Waals surface area contributed by atoms with Gasteiger partial charge in [-0.25, -0.2) is 0 Å². The van der Waals surface area contributed by atoms with Crippen molar-refractivity contribution in [1.82, 2.24) is 5.32 Å². The van der Waals surface area contributed by atoms with E-state index in [0.29, 0.717) is 12.6 Å². The fourth-order valence-corrected chi connectivity index (χ4v) is 1.81. The lowest BCUT2D eigenvalue weighted by Crippen LogP contribution is -2.33. The van der Waals surface area contributed by atoms with Crippen LogP contribution in [0.25, 0.3) is 0 Å². The zero-order valence-electron chi connectivity index (χ0n) is 11.0. The standard InChI is InChI=1S/C14H23NO2/c1-12(9-10-16-2)15-14(11-17-3)13-7-5-4-6-8-13/h4-8,12,14-15H,9-11H2,1-3H3. The van der Waals surface area contributed by atoms with Gasteiger partial charge in [-0.05, 0) is 18.9 Å². The summed E-state index contributed by atoms with van der Waals surface area (Å²) in [6, 6.07) is 11.0. The quantitative estimate of drug-likeness (QED) is 0.753. The predicted octanol–water partition coefficient (Wildman–Crippen LogP) is 2.39. The molecule has 1 N–H and O–H groups in total. The molecule has 0 spiro atoms. The third kappa shape index (κ3) is 5.31. The number of benzene rings is 1. The predicted molar refractivity (Wildman–Crippen MR) is 70.1 cm³/mol. The first-order valence-corrected chi connectivity index (χ1v) is 6.06. The normalized spacial score (nSPS) is 14.5. The smallest absolute Gasteiger partial charge is 0.0657 e. The third-order valence-corrected chi connectivity index (χ3v) is 2.78. The monoisotopic (exact) mass is 237 g/mol. The zero-order valence-corrected chi connectivity index (χ0v) is 11.0. The minimum atomic E-state index is 0.244. The Morgan fingerprint density at radius 2 is 1.82 bits per heavy atom. The van der Waals surface area contributed by atoms with Gasteiger partial charge in [0, 0.05) is 26.9 Å². The van der Waals surface area contributed by atoms with Crippen molar-refractivity contribution in [2.24, 2.45) is 0 Å². The summed E-state index contributed by atoms with van der Waals surface area (Å²) in [6.45, 7) is 3.63. The molecular formula is C14H23NO2. The highest BCUT2D eigenvalue weighted by Gasteiger charge is 2.13. The molecule has 0 saturated carbocycles. The number of hydrogen-bond donors (Lipinski definition) is 1. The summed E-state index contributed by atoms with van der Waals surface area (Å²) < 4.78 is 10.4. The Hall–Kier alpha value is -0.900. The second-order valence-electron chi connectivity index (χ2n) is 4.27. The minimum Gasteiger partial charge on any atom is -0.385 e. The summed E-state index contributed by atoms with van der Waals surface area (Å²) in [5.74, 6) is 0. The van der Waals surface area contributed by atoms with Crippen molar-refractivity contribution in [2.45, 2.75) is 25.4 Å². The molecule has 0 radical (unpaired) electrons. The molecule has 0 amide bonds. The average Bonchev–Trinajstić information content (AvgIpc) is 2.37. The lowest BCUT2D eigenvalue weighted by Gasteiger charge is -2.23. The number of ether oxygens (including phenoxy) is 2. The maximum Gasteiger partial charge on any atom is 0.0657 e. The van der Waals surface area contributed by atoms with Crippen LogP contribution in [0, 0.1) is 0 Å². The van der Waals surface area contributed by atoms with Crippen molar-refractivity contribution in [2.75, 3.05) is 27.4 Å². The Kier molecular flexibility index (Phi) is 6.86. The van der Waals surface area contributed by atoms with E-state index >= 15 is 0 Å². The van der Waals surface area contributed by atoms with E-state index in [-0.39, 0.29) is 6.04 Å². The molecule has 0 fully saturated rings. The lowest BCUT2D eigenvalue weighted by molar-refractivity contribution is 0.150. The molecule has 1 rings (SSSR count). The molecule has 17 heavy (non-hydrogen) atoms. The molecule has 3 nitrogen and oxygen atoms in total. The van der Waals surface area contributed by atoms with E-state index in [2.05, 4.69) is 36.5 Å². The molecule has 0 bridgehead atoms. The van der Waals surface area contributed by atoms with Crippen molar-refractivity contribution in [3.05, 3.63) is 35.9 Å². The molecule has 0 aliphatic heterocycles. The second-order valence-corrected chi connectivity index (χ2v) is 4.27. The molecular weight excluding hydrogens is 214 g/mol. The van der Waals surface area contributed by atoms with Crippen LogP contribution < -0.4 is 5.32 Å².